The van der Waals surface area contributed by atoms with Gasteiger partial charge in [-0.3, -0.25) is 5.01 Å². The Morgan fingerprint density at radius 3 is 2.62 bits per heavy atom. The molecular formula is C4H8FN3. The van der Waals surface area contributed by atoms with Crippen molar-refractivity contribution < 1.29 is 4.39 Å². The minimum absolute atomic E-state index is 0.965. The van der Waals surface area contributed by atoms with E-state index >= 15 is 0 Å². The lowest BCUT2D eigenvalue weighted by Crippen LogP contribution is -2.10. The van der Waals surface area contributed by atoms with Crippen molar-refractivity contribution in [3.05, 3.63) is 12.8 Å². The van der Waals surface area contributed by atoms with Crippen molar-refractivity contribution in [1.82, 2.24) is 5.01 Å². The van der Waals surface area contributed by atoms with Gasteiger partial charge in [0.2, 0.25) is 0 Å². The average molecular weight is 117 g/mol. The SMILES string of the molecule is C=CN(C)/N=C(\N)F. The Hall–Kier alpha value is -1.06. The van der Waals surface area contributed by atoms with E-state index in [1.165, 1.54) is 18.3 Å². The second-order valence-electron chi connectivity index (χ2n) is 1.18. The van der Waals surface area contributed by atoms with Crippen LogP contribution in [0.5, 0.6) is 0 Å². The summed E-state index contributed by atoms with van der Waals surface area (Å²) in [6, 6.07) is 0. The van der Waals surface area contributed by atoms with Gasteiger partial charge in [-0.15, -0.1) is 5.10 Å². The lowest BCUT2D eigenvalue weighted by molar-refractivity contribution is 0.478. The number of halogens is 1. The highest BCUT2D eigenvalue weighted by Crippen LogP contribution is 1.81. The fraction of sp³-hybridized carbons (Fsp3) is 0.250. The molecule has 46 valence electrons. The van der Waals surface area contributed by atoms with E-state index in [4.69, 9.17) is 0 Å². The number of nitrogens with two attached hydrogens (primary N) is 1. The molecule has 0 radical (unpaired) electrons. The molecule has 0 heterocycles. The van der Waals surface area contributed by atoms with Crippen molar-refractivity contribution >= 4 is 6.09 Å². The van der Waals surface area contributed by atoms with Crippen LogP contribution < -0.4 is 5.73 Å². The molecule has 0 atom stereocenters. The van der Waals surface area contributed by atoms with Gasteiger partial charge >= 0.3 is 0 Å². The molecule has 0 aromatic carbocycles. The van der Waals surface area contributed by atoms with Crippen molar-refractivity contribution in [3.8, 4) is 0 Å². The largest absolute Gasteiger partial charge is 0.358 e. The van der Waals surface area contributed by atoms with Gasteiger partial charge < -0.3 is 5.73 Å². The minimum atomic E-state index is -0.965. The molecule has 8 heavy (non-hydrogen) atoms. The second kappa shape index (κ2) is 3.01. The summed E-state index contributed by atoms with van der Waals surface area (Å²) in [6.45, 7) is 3.31. The van der Waals surface area contributed by atoms with E-state index in [-0.39, 0.29) is 0 Å². The fourth-order valence-electron chi connectivity index (χ4n) is 0.192. The average Bonchev–Trinajstić information content (AvgIpc) is 1.65. The van der Waals surface area contributed by atoms with Gasteiger partial charge in [0.25, 0.3) is 6.09 Å². The van der Waals surface area contributed by atoms with Gasteiger partial charge in [0.05, 0.1) is 0 Å². The molecule has 4 heteroatoms. The van der Waals surface area contributed by atoms with Crippen LogP contribution in [0.25, 0.3) is 0 Å². The molecule has 0 aliphatic heterocycles. The van der Waals surface area contributed by atoms with E-state index in [0.29, 0.717) is 0 Å². The molecule has 0 aromatic rings. The Balaban J connectivity index is 3.68. The van der Waals surface area contributed by atoms with E-state index in [2.05, 4.69) is 17.4 Å². The van der Waals surface area contributed by atoms with Gasteiger partial charge in [0.15, 0.2) is 0 Å². The number of hydrogen-bond donors (Lipinski definition) is 1. The first kappa shape index (κ1) is 6.94. The van der Waals surface area contributed by atoms with E-state index < -0.39 is 6.09 Å². The molecule has 0 aromatic heterocycles. The Bertz CT molecular complexity index is 106. The van der Waals surface area contributed by atoms with Crippen LogP contribution in [0.3, 0.4) is 0 Å². The summed E-state index contributed by atoms with van der Waals surface area (Å²) in [6.07, 6.45) is 0.374. The van der Waals surface area contributed by atoms with Crippen molar-refractivity contribution in [2.75, 3.05) is 7.05 Å². The normalized spacial score (nSPS) is 11.0. The molecule has 0 saturated heterocycles. The van der Waals surface area contributed by atoms with E-state index in [1.807, 2.05) is 0 Å². The number of amidine groups is 1. The molecular weight excluding hydrogens is 109 g/mol. The van der Waals surface area contributed by atoms with Gasteiger partial charge in [0, 0.05) is 13.2 Å². The zero-order valence-electron chi connectivity index (χ0n) is 4.63. The Kier molecular flexibility index (Phi) is 2.61. The Labute approximate surface area is 47.3 Å². The van der Waals surface area contributed by atoms with Gasteiger partial charge in [-0.25, -0.2) is 0 Å². The van der Waals surface area contributed by atoms with Crippen molar-refractivity contribution in [2.24, 2.45) is 10.8 Å². The maximum absolute atomic E-state index is 11.6. The minimum Gasteiger partial charge on any atom is -0.358 e. The van der Waals surface area contributed by atoms with Crippen LogP contribution in [0.1, 0.15) is 0 Å². The van der Waals surface area contributed by atoms with E-state index in [9.17, 15) is 4.39 Å². The van der Waals surface area contributed by atoms with Crippen molar-refractivity contribution in [3.63, 3.8) is 0 Å². The third-order valence-electron chi connectivity index (χ3n) is 0.517. The first-order valence-electron chi connectivity index (χ1n) is 2.01. The van der Waals surface area contributed by atoms with Crippen molar-refractivity contribution in [1.29, 1.82) is 0 Å². The summed E-state index contributed by atoms with van der Waals surface area (Å²) in [5.41, 5.74) is 4.56. The molecule has 0 bridgehead atoms. The molecule has 2 N–H and O–H groups in total. The highest BCUT2D eigenvalue weighted by molar-refractivity contribution is 5.69. The molecule has 0 fully saturated rings. The molecule has 0 spiro atoms. The third-order valence-corrected chi connectivity index (χ3v) is 0.517. The fourth-order valence-corrected chi connectivity index (χ4v) is 0.192. The predicted octanol–water partition coefficient (Wildman–Crippen LogP) is 0.261. The van der Waals surface area contributed by atoms with E-state index in [0.717, 1.165) is 0 Å². The maximum atomic E-state index is 11.6. The number of nitrogens with zero attached hydrogens (tertiary/aromatic N) is 2. The molecule has 0 aliphatic rings. The van der Waals surface area contributed by atoms with Gasteiger partial charge in [-0.1, -0.05) is 6.58 Å². The topological polar surface area (TPSA) is 41.6 Å². The lowest BCUT2D eigenvalue weighted by Gasteiger charge is -2.01. The molecule has 0 rings (SSSR count). The quantitative estimate of drug-likeness (QED) is 0.244. The summed E-state index contributed by atoms with van der Waals surface area (Å²) < 4.78 is 11.6. The molecule has 0 saturated carbocycles. The third kappa shape index (κ3) is 3.14. The summed E-state index contributed by atoms with van der Waals surface area (Å²) >= 11 is 0. The zero-order chi connectivity index (χ0) is 6.57. The number of rotatable bonds is 2. The van der Waals surface area contributed by atoms with Gasteiger partial charge in [0.1, 0.15) is 0 Å². The Morgan fingerprint density at radius 1 is 2.00 bits per heavy atom. The summed E-state index contributed by atoms with van der Waals surface area (Å²) in [7, 11) is 1.53. The smallest absolute Gasteiger partial charge is 0.296 e. The van der Waals surface area contributed by atoms with Crippen LogP contribution in [-0.2, 0) is 0 Å². The highest BCUT2D eigenvalue weighted by atomic mass is 19.1. The molecule has 3 nitrogen and oxygen atoms in total. The number of hydrazone groups is 1. The molecule has 0 amide bonds. The molecule has 0 unspecified atom stereocenters. The van der Waals surface area contributed by atoms with E-state index in [1.54, 1.807) is 0 Å². The van der Waals surface area contributed by atoms with Crippen LogP contribution in [0, 0.1) is 0 Å². The lowest BCUT2D eigenvalue weighted by atomic mass is 10.9. The first-order valence-corrected chi connectivity index (χ1v) is 2.01. The molecule has 0 aliphatic carbocycles. The second-order valence-corrected chi connectivity index (χ2v) is 1.18. The monoisotopic (exact) mass is 117 g/mol. The van der Waals surface area contributed by atoms with Crippen molar-refractivity contribution in [2.45, 2.75) is 0 Å². The van der Waals surface area contributed by atoms with Crippen LogP contribution in [0.15, 0.2) is 17.9 Å². The summed E-state index contributed by atoms with van der Waals surface area (Å²) in [4.78, 5) is 0. The summed E-state index contributed by atoms with van der Waals surface area (Å²) in [5, 5.41) is 4.31. The number of hydrogen-bond acceptors (Lipinski definition) is 2. The van der Waals surface area contributed by atoms with Gasteiger partial charge in [-0.2, -0.15) is 4.39 Å². The van der Waals surface area contributed by atoms with Gasteiger partial charge in [-0.05, 0) is 0 Å². The zero-order valence-corrected chi connectivity index (χ0v) is 4.63. The Morgan fingerprint density at radius 2 is 2.50 bits per heavy atom. The van der Waals surface area contributed by atoms with Crippen LogP contribution in [0.4, 0.5) is 4.39 Å². The highest BCUT2D eigenvalue weighted by Gasteiger charge is 1.84. The van der Waals surface area contributed by atoms with Crippen LogP contribution >= 0.6 is 0 Å². The predicted molar refractivity (Wildman–Crippen MR) is 30.7 cm³/mol. The first-order chi connectivity index (χ1) is 3.66. The standard InChI is InChI=1S/C4H8FN3/c1-3-8(2)7-4(5)6/h3H,1H2,2H3,(H2,6,7). The van der Waals surface area contributed by atoms with Crippen LogP contribution in [-0.4, -0.2) is 18.1 Å². The summed E-state index contributed by atoms with van der Waals surface area (Å²) in [5.74, 6) is 0. The van der Waals surface area contributed by atoms with Crippen LogP contribution in [0.2, 0.25) is 0 Å². The maximum Gasteiger partial charge on any atom is 0.296 e.